The van der Waals surface area contributed by atoms with Crippen LogP contribution < -0.4 is 0 Å². The number of sulfone groups is 1. The van der Waals surface area contributed by atoms with Crippen LogP contribution in [0.15, 0.2) is 34.1 Å². The molecule has 1 unspecified atom stereocenters. The van der Waals surface area contributed by atoms with Gasteiger partial charge in [0.2, 0.25) is 0 Å². The van der Waals surface area contributed by atoms with Crippen molar-refractivity contribution in [1.29, 1.82) is 0 Å². The number of aliphatic carboxylic acids is 1. The molecule has 5 nitrogen and oxygen atoms in total. The van der Waals surface area contributed by atoms with Crippen LogP contribution in [0.5, 0.6) is 0 Å². The molecule has 1 aromatic carbocycles. The topological polar surface area (TPSA) is 88.5 Å². The van der Waals surface area contributed by atoms with Crippen molar-refractivity contribution < 1.29 is 22.5 Å². The molecular formula is C10H12O5S2. The minimum atomic E-state index is -3.26. The zero-order valence-electron chi connectivity index (χ0n) is 9.12. The number of benzene rings is 1. The predicted molar refractivity (Wildman–Crippen MR) is 63.1 cm³/mol. The van der Waals surface area contributed by atoms with Gasteiger partial charge in [-0.25, -0.2) is 8.42 Å². The van der Waals surface area contributed by atoms with E-state index >= 15 is 0 Å². The van der Waals surface area contributed by atoms with Crippen LogP contribution in [0.25, 0.3) is 0 Å². The van der Waals surface area contributed by atoms with E-state index in [-0.39, 0.29) is 17.1 Å². The van der Waals surface area contributed by atoms with Gasteiger partial charge in [0.05, 0.1) is 22.1 Å². The maximum Gasteiger partial charge on any atom is 0.304 e. The third kappa shape index (κ3) is 4.27. The summed E-state index contributed by atoms with van der Waals surface area (Å²) in [5.41, 5.74) is 0. The second-order valence-electron chi connectivity index (χ2n) is 3.44. The molecule has 0 bridgehead atoms. The zero-order valence-corrected chi connectivity index (χ0v) is 10.8. The Bertz CT molecular complexity index is 530. The minimum Gasteiger partial charge on any atom is -0.481 e. The molecule has 0 saturated heterocycles. The fourth-order valence-corrected chi connectivity index (χ4v) is 2.80. The number of carbonyl (C=O) groups is 1. The van der Waals surface area contributed by atoms with Crippen molar-refractivity contribution in [2.75, 3.05) is 12.0 Å². The quantitative estimate of drug-likeness (QED) is 0.854. The molecule has 0 aliphatic rings. The summed E-state index contributed by atoms with van der Waals surface area (Å²) in [6.45, 7) is 0. The molecule has 1 rings (SSSR count). The van der Waals surface area contributed by atoms with Crippen LogP contribution in [0, 0.1) is 0 Å². The molecule has 7 heteroatoms. The Kier molecular flexibility index (Phi) is 4.41. The van der Waals surface area contributed by atoms with Gasteiger partial charge in [-0.05, 0) is 24.3 Å². The molecule has 1 atom stereocenters. The van der Waals surface area contributed by atoms with Gasteiger partial charge in [0.25, 0.3) is 0 Å². The van der Waals surface area contributed by atoms with Crippen molar-refractivity contribution in [2.24, 2.45) is 0 Å². The summed E-state index contributed by atoms with van der Waals surface area (Å²) in [6.07, 6.45) is 0.907. The SMILES string of the molecule is CS(=O)(=O)c1ccc(S(=O)CCC(=O)O)cc1. The standard InChI is InChI=1S/C10H12O5S2/c1-17(14,15)9-4-2-8(3-5-9)16(13)7-6-10(11)12/h2-5H,6-7H2,1H3,(H,11,12). The lowest BCUT2D eigenvalue weighted by atomic mass is 10.4. The van der Waals surface area contributed by atoms with E-state index in [1.807, 2.05) is 0 Å². The molecule has 17 heavy (non-hydrogen) atoms. The minimum absolute atomic E-state index is 0.0214. The number of hydrogen-bond donors (Lipinski definition) is 1. The lowest BCUT2D eigenvalue weighted by Crippen LogP contribution is -2.05. The summed E-state index contributed by atoms with van der Waals surface area (Å²) in [5.74, 6) is -0.987. The summed E-state index contributed by atoms with van der Waals surface area (Å²) < 4.78 is 34.0. The van der Waals surface area contributed by atoms with Gasteiger partial charge >= 0.3 is 5.97 Å². The first-order valence-electron chi connectivity index (χ1n) is 4.71. The number of carboxylic acid groups (broad SMARTS) is 1. The van der Waals surface area contributed by atoms with Gasteiger partial charge in [0.15, 0.2) is 9.84 Å². The highest BCUT2D eigenvalue weighted by Gasteiger charge is 2.10. The highest BCUT2D eigenvalue weighted by molar-refractivity contribution is 7.90. The summed E-state index contributed by atoms with van der Waals surface area (Å²) in [6, 6.07) is 5.61. The first-order chi connectivity index (χ1) is 7.80. The zero-order chi connectivity index (χ0) is 13.1. The lowest BCUT2D eigenvalue weighted by molar-refractivity contribution is -0.136. The van der Waals surface area contributed by atoms with E-state index in [1.165, 1.54) is 24.3 Å². The van der Waals surface area contributed by atoms with Gasteiger partial charge in [-0.1, -0.05) is 0 Å². The van der Waals surface area contributed by atoms with Crippen molar-refractivity contribution in [3.05, 3.63) is 24.3 Å². The van der Waals surface area contributed by atoms with Crippen LogP contribution >= 0.6 is 0 Å². The Morgan fingerprint density at radius 3 is 2.24 bits per heavy atom. The van der Waals surface area contributed by atoms with Crippen molar-refractivity contribution >= 4 is 26.6 Å². The van der Waals surface area contributed by atoms with Crippen LogP contribution in [-0.2, 0) is 25.4 Å². The van der Waals surface area contributed by atoms with E-state index in [0.717, 1.165) is 6.26 Å². The van der Waals surface area contributed by atoms with E-state index in [0.29, 0.717) is 4.90 Å². The predicted octanol–water partition coefficient (Wildman–Crippen LogP) is 0.672. The number of rotatable bonds is 5. The van der Waals surface area contributed by atoms with Crippen molar-refractivity contribution in [1.82, 2.24) is 0 Å². The second kappa shape index (κ2) is 5.42. The van der Waals surface area contributed by atoms with E-state index in [4.69, 9.17) is 5.11 Å². The van der Waals surface area contributed by atoms with Crippen LogP contribution in [0.1, 0.15) is 6.42 Å². The Balaban J connectivity index is 2.81. The molecule has 0 fully saturated rings. The van der Waals surface area contributed by atoms with Crippen molar-refractivity contribution in [3.8, 4) is 0 Å². The molecule has 0 radical (unpaired) electrons. The van der Waals surface area contributed by atoms with Gasteiger partial charge in [0, 0.05) is 16.9 Å². The average Bonchev–Trinajstić information content (AvgIpc) is 2.25. The van der Waals surface area contributed by atoms with Crippen LogP contribution in [0.3, 0.4) is 0 Å². The van der Waals surface area contributed by atoms with Crippen LogP contribution in [0.2, 0.25) is 0 Å². The molecule has 0 aliphatic heterocycles. The van der Waals surface area contributed by atoms with E-state index in [2.05, 4.69) is 0 Å². The Hall–Kier alpha value is -1.21. The molecule has 1 N–H and O–H groups in total. The summed E-state index contributed by atoms with van der Waals surface area (Å²) in [4.78, 5) is 10.9. The van der Waals surface area contributed by atoms with Gasteiger partial charge in [-0.3, -0.25) is 9.00 Å². The fraction of sp³-hybridized carbons (Fsp3) is 0.300. The normalized spacial score (nSPS) is 13.2. The second-order valence-corrected chi connectivity index (χ2v) is 7.02. The fourth-order valence-electron chi connectivity index (χ4n) is 1.14. The molecule has 0 amide bonds. The maximum atomic E-state index is 11.6. The van der Waals surface area contributed by atoms with Gasteiger partial charge in [0.1, 0.15) is 0 Å². The molecule has 1 aromatic rings. The maximum absolute atomic E-state index is 11.6. The Labute approximate surface area is 102 Å². The van der Waals surface area contributed by atoms with Crippen molar-refractivity contribution in [2.45, 2.75) is 16.2 Å². The first-order valence-corrected chi connectivity index (χ1v) is 7.92. The van der Waals surface area contributed by atoms with Gasteiger partial charge in [-0.15, -0.1) is 0 Å². The monoisotopic (exact) mass is 276 g/mol. The number of hydrogen-bond acceptors (Lipinski definition) is 4. The Morgan fingerprint density at radius 2 is 1.82 bits per heavy atom. The molecule has 0 heterocycles. The van der Waals surface area contributed by atoms with Gasteiger partial charge in [-0.2, -0.15) is 0 Å². The molecule has 94 valence electrons. The highest BCUT2D eigenvalue weighted by atomic mass is 32.2. The van der Waals surface area contributed by atoms with E-state index < -0.39 is 26.6 Å². The van der Waals surface area contributed by atoms with E-state index in [9.17, 15) is 17.4 Å². The first kappa shape index (κ1) is 13.9. The highest BCUT2D eigenvalue weighted by Crippen LogP contribution is 2.13. The summed E-state index contributed by atoms with van der Waals surface area (Å²) >= 11 is 0. The molecule has 0 aromatic heterocycles. The molecule has 0 saturated carbocycles. The van der Waals surface area contributed by atoms with Gasteiger partial charge < -0.3 is 5.11 Å². The van der Waals surface area contributed by atoms with Crippen LogP contribution in [0.4, 0.5) is 0 Å². The third-order valence-electron chi connectivity index (χ3n) is 2.02. The summed E-state index contributed by atoms with van der Waals surface area (Å²) in [7, 11) is -4.68. The summed E-state index contributed by atoms with van der Waals surface area (Å²) in [5, 5.41) is 8.45. The molecular weight excluding hydrogens is 264 g/mol. The van der Waals surface area contributed by atoms with Crippen molar-refractivity contribution in [3.63, 3.8) is 0 Å². The van der Waals surface area contributed by atoms with Crippen LogP contribution in [-0.4, -0.2) is 35.7 Å². The smallest absolute Gasteiger partial charge is 0.304 e. The average molecular weight is 276 g/mol. The molecule has 0 aliphatic carbocycles. The molecule has 0 spiro atoms. The number of carboxylic acids is 1. The lowest BCUT2D eigenvalue weighted by Gasteiger charge is -2.02. The van der Waals surface area contributed by atoms with E-state index in [1.54, 1.807) is 0 Å². The Morgan fingerprint density at radius 1 is 1.29 bits per heavy atom. The largest absolute Gasteiger partial charge is 0.481 e. The third-order valence-corrected chi connectivity index (χ3v) is 4.52.